The van der Waals surface area contributed by atoms with Gasteiger partial charge in [-0.1, -0.05) is 6.07 Å². The molecule has 0 saturated heterocycles. The summed E-state index contributed by atoms with van der Waals surface area (Å²) in [4.78, 5) is 4.08. The lowest BCUT2D eigenvalue weighted by atomic mass is 10.3. The Labute approximate surface area is 75.1 Å². The zero-order chi connectivity index (χ0) is 9.98. The van der Waals surface area contributed by atoms with E-state index in [9.17, 15) is 0 Å². The Kier molecular flexibility index (Phi) is 11.0. The van der Waals surface area contributed by atoms with Gasteiger partial charge in [0.15, 0.2) is 0 Å². The van der Waals surface area contributed by atoms with E-state index in [2.05, 4.69) is 29.9 Å². The molecule has 68 valence electrons. The lowest BCUT2D eigenvalue weighted by molar-refractivity contribution is 1.17. The summed E-state index contributed by atoms with van der Waals surface area (Å²) >= 11 is 0. The van der Waals surface area contributed by atoms with Crippen LogP contribution in [0.15, 0.2) is 31.5 Å². The van der Waals surface area contributed by atoms with Gasteiger partial charge in [0.25, 0.3) is 0 Å². The standard InChI is InChI=1S/C7H9N.C2H4.CH5N/c1-6-3-4-7(2)8-5-6;2*1-2/h3-5H,1-2H3;1-2H2;2H2,1H3. The van der Waals surface area contributed by atoms with Gasteiger partial charge in [-0.15, -0.1) is 13.2 Å². The highest BCUT2D eigenvalue weighted by atomic mass is 14.6. The third-order valence-corrected chi connectivity index (χ3v) is 1.06. The van der Waals surface area contributed by atoms with Crippen LogP contribution in [0.1, 0.15) is 11.3 Å². The molecule has 0 aromatic carbocycles. The zero-order valence-electron chi connectivity index (χ0n) is 8.17. The molecule has 0 spiro atoms. The predicted molar refractivity (Wildman–Crippen MR) is 55.1 cm³/mol. The van der Waals surface area contributed by atoms with Crippen LogP contribution in [-0.4, -0.2) is 12.0 Å². The minimum Gasteiger partial charge on any atom is -0.333 e. The summed E-state index contributed by atoms with van der Waals surface area (Å²) in [7, 11) is 1.50. The van der Waals surface area contributed by atoms with Gasteiger partial charge in [-0.2, -0.15) is 0 Å². The van der Waals surface area contributed by atoms with Crippen molar-refractivity contribution in [3.8, 4) is 0 Å². The van der Waals surface area contributed by atoms with Crippen LogP contribution < -0.4 is 5.73 Å². The monoisotopic (exact) mass is 166 g/mol. The number of hydrogen-bond donors (Lipinski definition) is 1. The van der Waals surface area contributed by atoms with E-state index in [1.54, 1.807) is 0 Å². The van der Waals surface area contributed by atoms with Crippen LogP contribution in [0.4, 0.5) is 0 Å². The minimum absolute atomic E-state index is 1.08. The molecule has 1 rings (SSSR count). The van der Waals surface area contributed by atoms with Crippen molar-refractivity contribution in [3.05, 3.63) is 42.7 Å². The molecule has 2 heteroatoms. The molecule has 0 aliphatic heterocycles. The SMILES string of the molecule is C=C.CN.Cc1ccc(C)nc1. The van der Waals surface area contributed by atoms with Crippen LogP contribution >= 0.6 is 0 Å². The molecule has 1 aromatic rings. The second-order valence-corrected chi connectivity index (χ2v) is 1.98. The van der Waals surface area contributed by atoms with Crippen LogP contribution in [0.2, 0.25) is 0 Å². The molecule has 12 heavy (non-hydrogen) atoms. The van der Waals surface area contributed by atoms with E-state index in [0.717, 1.165) is 5.69 Å². The lowest BCUT2D eigenvalue weighted by Gasteiger charge is -1.89. The first-order valence-electron chi connectivity index (χ1n) is 3.76. The van der Waals surface area contributed by atoms with Gasteiger partial charge in [-0.25, -0.2) is 0 Å². The van der Waals surface area contributed by atoms with Crippen LogP contribution in [0.25, 0.3) is 0 Å². The Balaban J connectivity index is 0. The number of pyridine rings is 1. The van der Waals surface area contributed by atoms with Crippen molar-refractivity contribution in [2.75, 3.05) is 7.05 Å². The number of aromatic nitrogens is 1. The molecule has 0 saturated carbocycles. The summed E-state index contributed by atoms with van der Waals surface area (Å²) in [5.74, 6) is 0. The summed E-state index contributed by atoms with van der Waals surface area (Å²) in [6.45, 7) is 10.0. The van der Waals surface area contributed by atoms with Gasteiger partial charge in [0.1, 0.15) is 0 Å². The normalized spacial score (nSPS) is 7.00. The molecule has 0 fully saturated rings. The van der Waals surface area contributed by atoms with E-state index < -0.39 is 0 Å². The Morgan fingerprint density at radius 3 is 1.92 bits per heavy atom. The summed E-state index contributed by atoms with van der Waals surface area (Å²) in [6.07, 6.45) is 1.87. The fraction of sp³-hybridized carbons (Fsp3) is 0.300. The van der Waals surface area contributed by atoms with Crippen molar-refractivity contribution >= 4 is 0 Å². The maximum atomic E-state index is 4.50. The zero-order valence-corrected chi connectivity index (χ0v) is 8.17. The number of aryl methyl sites for hydroxylation is 2. The van der Waals surface area contributed by atoms with Crippen molar-refractivity contribution in [1.29, 1.82) is 0 Å². The molecule has 0 unspecified atom stereocenters. The van der Waals surface area contributed by atoms with Gasteiger partial charge in [0.2, 0.25) is 0 Å². The van der Waals surface area contributed by atoms with E-state index in [0.29, 0.717) is 0 Å². The first kappa shape index (κ1) is 13.4. The number of nitrogens with zero attached hydrogens (tertiary/aromatic N) is 1. The van der Waals surface area contributed by atoms with Crippen LogP contribution in [-0.2, 0) is 0 Å². The quantitative estimate of drug-likeness (QED) is 0.599. The Hall–Kier alpha value is -1.15. The average Bonchev–Trinajstić information content (AvgIpc) is 2.17. The molecule has 2 N–H and O–H groups in total. The van der Waals surface area contributed by atoms with E-state index in [4.69, 9.17) is 0 Å². The molecule has 0 amide bonds. The van der Waals surface area contributed by atoms with E-state index in [1.165, 1.54) is 12.6 Å². The van der Waals surface area contributed by atoms with E-state index >= 15 is 0 Å². The van der Waals surface area contributed by atoms with Crippen molar-refractivity contribution in [1.82, 2.24) is 4.98 Å². The van der Waals surface area contributed by atoms with Gasteiger partial charge in [-0.3, -0.25) is 4.98 Å². The van der Waals surface area contributed by atoms with Crippen LogP contribution in [0.3, 0.4) is 0 Å². The topological polar surface area (TPSA) is 38.9 Å². The molecule has 1 aromatic heterocycles. The average molecular weight is 166 g/mol. The smallest absolute Gasteiger partial charge is 0.0372 e. The lowest BCUT2D eigenvalue weighted by Crippen LogP contribution is -1.78. The van der Waals surface area contributed by atoms with E-state index in [1.807, 2.05) is 26.1 Å². The third-order valence-electron chi connectivity index (χ3n) is 1.06. The molecular weight excluding hydrogens is 148 g/mol. The predicted octanol–water partition coefficient (Wildman–Crippen LogP) is 2.08. The Bertz CT molecular complexity index is 159. The van der Waals surface area contributed by atoms with Crippen molar-refractivity contribution in [2.24, 2.45) is 5.73 Å². The van der Waals surface area contributed by atoms with Crippen molar-refractivity contribution in [3.63, 3.8) is 0 Å². The second-order valence-electron chi connectivity index (χ2n) is 1.98. The van der Waals surface area contributed by atoms with Gasteiger partial charge in [-0.05, 0) is 32.5 Å². The minimum atomic E-state index is 1.08. The van der Waals surface area contributed by atoms with Crippen molar-refractivity contribution < 1.29 is 0 Å². The van der Waals surface area contributed by atoms with Crippen molar-refractivity contribution in [2.45, 2.75) is 13.8 Å². The van der Waals surface area contributed by atoms with E-state index in [-0.39, 0.29) is 0 Å². The molecule has 0 aliphatic rings. The highest BCUT2D eigenvalue weighted by molar-refractivity contribution is 5.10. The highest BCUT2D eigenvalue weighted by Crippen LogP contribution is 1.94. The maximum Gasteiger partial charge on any atom is 0.0372 e. The van der Waals surface area contributed by atoms with Gasteiger partial charge < -0.3 is 5.73 Å². The molecule has 2 nitrogen and oxygen atoms in total. The summed E-state index contributed by atoms with van der Waals surface area (Å²) in [5.41, 5.74) is 6.80. The summed E-state index contributed by atoms with van der Waals surface area (Å²) in [5, 5.41) is 0. The van der Waals surface area contributed by atoms with Crippen LogP contribution in [0, 0.1) is 13.8 Å². The molecule has 0 atom stereocenters. The van der Waals surface area contributed by atoms with Gasteiger partial charge in [0, 0.05) is 11.9 Å². The number of hydrogen-bond acceptors (Lipinski definition) is 2. The molecule has 1 heterocycles. The number of nitrogens with two attached hydrogens (primary N) is 1. The first-order valence-corrected chi connectivity index (χ1v) is 3.76. The molecule has 0 radical (unpaired) electrons. The molecule has 0 bridgehead atoms. The Morgan fingerprint density at radius 2 is 1.67 bits per heavy atom. The van der Waals surface area contributed by atoms with Crippen LogP contribution in [0.5, 0.6) is 0 Å². The molecular formula is C10H18N2. The van der Waals surface area contributed by atoms with Gasteiger partial charge >= 0.3 is 0 Å². The summed E-state index contributed by atoms with van der Waals surface area (Å²) < 4.78 is 0. The molecule has 0 aliphatic carbocycles. The van der Waals surface area contributed by atoms with Gasteiger partial charge in [0.05, 0.1) is 0 Å². The number of rotatable bonds is 0. The second kappa shape index (κ2) is 9.85. The summed E-state index contributed by atoms with van der Waals surface area (Å²) in [6, 6.07) is 4.07. The maximum absolute atomic E-state index is 4.50. The fourth-order valence-electron chi connectivity index (χ4n) is 0.542. The largest absolute Gasteiger partial charge is 0.333 e. The highest BCUT2D eigenvalue weighted by Gasteiger charge is 1.81. The Morgan fingerprint density at radius 1 is 1.17 bits per heavy atom. The first-order chi connectivity index (χ1) is 5.79. The third kappa shape index (κ3) is 6.96. The fourth-order valence-corrected chi connectivity index (χ4v) is 0.542.